The average molecular weight is 882 g/mol. The highest BCUT2D eigenvalue weighted by Crippen LogP contribution is 2.45. The molecule has 0 amide bonds. The molecule has 6 heteroatoms. The fourth-order valence-electron chi connectivity index (χ4n) is 10.4. The van der Waals surface area contributed by atoms with Gasteiger partial charge in [-0.05, 0) is 89.0 Å². The smallest absolute Gasteiger partial charge is 0.164 e. The van der Waals surface area contributed by atoms with Crippen LogP contribution >= 0.6 is 0 Å². The molecule has 14 rings (SSSR count). The molecule has 0 saturated heterocycles. The van der Waals surface area contributed by atoms with E-state index in [1.807, 2.05) is 36.4 Å². The van der Waals surface area contributed by atoms with E-state index in [4.69, 9.17) is 19.4 Å². The molecule has 4 aromatic heterocycles. The Kier molecular flexibility index (Phi) is 8.79. The van der Waals surface area contributed by atoms with Crippen molar-refractivity contribution in [2.24, 2.45) is 0 Å². The minimum atomic E-state index is 0.607. The van der Waals surface area contributed by atoms with Crippen molar-refractivity contribution in [3.05, 3.63) is 237 Å². The molecule has 4 heterocycles. The Morgan fingerprint density at radius 2 is 0.783 bits per heavy atom. The SMILES string of the molecule is c1ccc(-c2ccc(-c3nc(-c4ccccc4)nc(-c4ccc5c(c4)c4ccc6oc7c(-n8c9ccccc9c9cc(-c%10ccccc%10)ccc98)cccc7c6c4n5-c4ccccc4)n3)cc2)cc1. The largest absolute Gasteiger partial charge is 0.454 e. The van der Waals surface area contributed by atoms with Crippen molar-refractivity contribution in [1.29, 1.82) is 0 Å². The molecule has 0 aliphatic heterocycles. The summed E-state index contributed by atoms with van der Waals surface area (Å²) < 4.78 is 11.8. The zero-order valence-corrected chi connectivity index (χ0v) is 37.2. The summed E-state index contributed by atoms with van der Waals surface area (Å²) in [6.45, 7) is 0. The molecule has 0 radical (unpaired) electrons. The minimum absolute atomic E-state index is 0.607. The number of nitrogens with zero attached hydrogens (tertiary/aromatic N) is 5. The van der Waals surface area contributed by atoms with Gasteiger partial charge in [-0.25, -0.2) is 15.0 Å². The lowest BCUT2D eigenvalue weighted by Crippen LogP contribution is -2.00. The molecule has 0 saturated carbocycles. The highest BCUT2D eigenvalue weighted by atomic mass is 16.3. The van der Waals surface area contributed by atoms with Crippen LogP contribution in [0.3, 0.4) is 0 Å². The van der Waals surface area contributed by atoms with E-state index in [1.165, 1.54) is 21.9 Å². The molecule has 0 aliphatic carbocycles. The number of aromatic nitrogens is 5. The van der Waals surface area contributed by atoms with Gasteiger partial charge in [-0.1, -0.05) is 170 Å². The maximum Gasteiger partial charge on any atom is 0.164 e. The molecule has 0 atom stereocenters. The van der Waals surface area contributed by atoms with Crippen molar-refractivity contribution in [3.8, 4) is 67.8 Å². The van der Waals surface area contributed by atoms with Crippen LogP contribution in [-0.4, -0.2) is 24.1 Å². The minimum Gasteiger partial charge on any atom is -0.454 e. The zero-order chi connectivity index (χ0) is 45.4. The number of para-hydroxylation sites is 3. The molecule has 322 valence electrons. The van der Waals surface area contributed by atoms with Gasteiger partial charge in [0.15, 0.2) is 23.1 Å². The number of furan rings is 1. The van der Waals surface area contributed by atoms with E-state index in [0.717, 1.165) is 94.0 Å². The summed E-state index contributed by atoms with van der Waals surface area (Å²) >= 11 is 0. The number of fused-ring (bicyclic) bond motifs is 10. The molecule has 0 unspecified atom stereocenters. The third-order valence-corrected chi connectivity index (χ3v) is 13.6. The first-order valence-electron chi connectivity index (χ1n) is 23.3. The second kappa shape index (κ2) is 15.6. The third-order valence-electron chi connectivity index (χ3n) is 13.6. The molecule has 69 heavy (non-hydrogen) atoms. The lowest BCUT2D eigenvalue weighted by molar-refractivity contribution is 0.666. The standard InChI is InChI=1S/C63H39N5O/c1-5-16-40(17-6-1)42-28-30-44(31-29-42)62-64-61(43-20-9-3-10-21-43)65-63(66-62)46-33-36-54-52(39-46)49-34-37-57-58(59(49)67(54)47-22-11-4-12-23-47)50-25-15-27-56(60(50)69-57)68-53-26-14-13-24-48(53)51-38-45(32-35-55(51)68)41-18-7-2-8-19-41/h1-39H. The van der Waals surface area contributed by atoms with Crippen LogP contribution in [0.4, 0.5) is 0 Å². The fourth-order valence-corrected chi connectivity index (χ4v) is 10.4. The van der Waals surface area contributed by atoms with Crippen LogP contribution in [0, 0.1) is 0 Å². The van der Waals surface area contributed by atoms with Crippen molar-refractivity contribution in [2.45, 2.75) is 0 Å². The molecule has 0 spiro atoms. The predicted molar refractivity (Wildman–Crippen MR) is 283 cm³/mol. The van der Waals surface area contributed by atoms with Crippen molar-refractivity contribution in [3.63, 3.8) is 0 Å². The van der Waals surface area contributed by atoms with Crippen LogP contribution in [-0.2, 0) is 0 Å². The first-order valence-corrected chi connectivity index (χ1v) is 23.3. The Bertz CT molecular complexity index is 4270. The monoisotopic (exact) mass is 881 g/mol. The summed E-state index contributed by atoms with van der Waals surface area (Å²) in [6.07, 6.45) is 0. The normalized spacial score (nSPS) is 11.8. The van der Waals surface area contributed by atoms with Gasteiger partial charge in [0.2, 0.25) is 0 Å². The molecule has 14 aromatic rings. The van der Waals surface area contributed by atoms with Crippen LogP contribution in [0.15, 0.2) is 241 Å². The highest BCUT2D eigenvalue weighted by Gasteiger charge is 2.23. The molecule has 0 fully saturated rings. The predicted octanol–water partition coefficient (Wildman–Crippen LogP) is 16.3. The van der Waals surface area contributed by atoms with Gasteiger partial charge in [0.1, 0.15) is 5.58 Å². The van der Waals surface area contributed by atoms with Gasteiger partial charge >= 0.3 is 0 Å². The first-order chi connectivity index (χ1) is 34.2. The van der Waals surface area contributed by atoms with Gasteiger partial charge in [-0.15, -0.1) is 0 Å². The second-order valence-corrected chi connectivity index (χ2v) is 17.6. The van der Waals surface area contributed by atoms with Gasteiger partial charge in [-0.2, -0.15) is 0 Å². The van der Waals surface area contributed by atoms with E-state index in [-0.39, 0.29) is 0 Å². The van der Waals surface area contributed by atoms with Crippen molar-refractivity contribution in [2.75, 3.05) is 0 Å². The van der Waals surface area contributed by atoms with Crippen molar-refractivity contribution < 1.29 is 4.42 Å². The van der Waals surface area contributed by atoms with E-state index in [2.05, 4.69) is 209 Å². The van der Waals surface area contributed by atoms with E-state index >= 15 is 0 Å². The van der Waals surface area contributed by atoms with E-state index < -0.39 is 0 Å². The summed E-state index contributed by atoms with van der Waals surface area (Å²) in [7, 11) is 0. The Morgan fingerprint density at radius 1 is 0.304 bits per heavy atom. The summed E-state index contributed by atoms with van der Waals surface area (Å²) in [5, 5.41) is 6.70. The summed E-state index contributed by atoms with van der Waals surface area (Å²) in [4.78, 5) is 15.4. The number of benzene rings is 10. The molecule has 10 aromatic carbocycles. The lowest BCUT2D eigenvalue weighted by atomic mass is 10.0. The van der Waals surface area contributed by atoms with Crippen LogP contribution in [0.5, 0.6) is 0 Å². The molecular weight excluding hydrogens is 843 g/mol. The zero-order valence-electron chi connectivity index (χ0n) is 37.2. The third kappa shape index (κ3) is 6.30. The average Bonchev–Trinajstić information content (AvgIpc) is 4.09. The topological polar surface area (TPSA) is 61.7 Å². The van der Waals surface area contributed by atoms with Gasteiger partial charge in [0.25, 0.3) is 0 Å². The van der Waals surface area contributed by atoms with Crippen molar-refractivity contribution in [1.82, 2.24) is 24.1 Å². The number of hydrogen-bond acceptors (Lipinski definition) is 4. The summed E-state index contributed by atoms with van der Waals surface area (Å²) in [5.41, 5.74) is 15.6. The number of hydrogen-bond donors (Lipinski definition) is 0. The van der Waals surface area contributed by atoms with Crippen LogP contribution < -0.4 is 0 Å². The Morgan fingerprint density at radius 3 is 1.49 bits per heavy atom. The second-order valence-electron chi connectivity index (χ2n) is 17.6. The fraction of sp³-hybridized carbons (Fsp3) is 0. The van der Waals surface area contributed by atoms with Crippen LogP contribution in [0.1, 0.15) is 0 Å². The quantitative estimate of drug-likeness (QED) is 0.160. The molecular formula is C63H39N5O. The van der Waals surface area contributed by atoms with Gasteiger partial charge < -0.3 is 13.6 Å². The van der Waals surface area contributed by atoms with Crippen molar-refractivity contribution >= 4 is 65.6 Å². The Labute approximate surface area is 396 Å². The highest BCUT2D eigenvalue weighted by molar-refractivity contribution is 6.26. The molecule has 0 N–H and O–H groups in total. The Balaban J connectivity index is 0.974. The van der Waals surface area contributed by atoms with Crippen LogP contribution in [0.2, 0.25) is 0 Å². The van der Waals surface area contributed by atoms with Gasteiger partial charge in [-0.3, -0.25) is 0 Å². The summed E-state index contributed by atoms with van der Waals surface area (Å²) in [6, 6.07) is 83.2. The van der Waals surface area contributed by atoms with E-state index in [0.29, 0.717) is 17.5 Å². The molecule has 6 nitrogen and oxygen atoms in total. The molecule has 0 aliphatic rings. The van der Waals surface area contributed by atoms with E-state index in [1.54, 1.807) is 0 Å². The maximum atomic E-state index is 7.07. The Hall–Kier alpha value is -9.39. The van der Waals surface area contributed by atoms with Gasteiger partial charge in [0.05, 0.1) is 33.1 Å². The molecule has 0 bridgehead atoms. The summed E-state index contributed by atoms with van der Waals surface area (Å²) in [5.74, 6) is 1.85. The van der Waals surface area contributed by atoms with Crippen LogP contribution in [0.25, 0.3) is 133 Å². The first kappa shape index (κ1) is 38.8. The number of rotatable bonds is 7. The van der Waals surface area contributed by atoms with E-state index in [9.17, 15) is 0 Å². The lowest BCUT2D eigenvalue weighted by Gasteiger charge is -2.10. The van der Waals surface area contributed by atoms with Gasteiger partial charge in [0, 0.05) is 49.3 Å². The maximum absolute atomic E-state index is 7.07.